The largest absolute Gasteiger partial charge is 0.364 e. The van der Waals surface area contributed by atoms with Crippen LogP contribution in [0, 0.1) is 6.92 Å². The summed E-state index contributed by atoms with van der Waals surface area (Å²) in [5.74, 6) is -0.700. The minimum absolute atomic E-state index is 0.000474. The Labute approximate surface area is 160 Å². The normalized spacial score (nSPS) is 10.8. The number of hydrogen-bond acceptors (Lipinski definition) is 5. The molecule has 3 heterocycles. The number of hydrogen-bond donors (Lipinski definition) is 2. The molecular weight excluding hydrogens is 356 g/mol. The van der Waals surface area contributed by atoms with Crippen LogP contribution in [0.25, 0.3) is 16.9 Å². The predicted octanol–water partition coefficient (Wildman–Crippen LogP) is 2.45. The first kappa shape index (κ1) is 17.3. The highest BCUT2D eigenvalue weighted by Gasteiger charge is 2.20. The summed E-state index contributed by atoms with van der Waals surface area (Å²) in [6, 6.07) is 14.6. The van der Waals surface area contributed by atoms with Gasteiger partial charge in [-0.25, -0.2) is 15.0 Å². The van der Waals surface area contributed by atoms with Crippen molar-refractivity contribution in [2.24, 2.45) is 5.73 Å². The van der Waals surface area contributed by atoms with Gasteiger partial charge in [0.15, 0.2) is 11.3 Å². The SMILES string of the molecule is Cc1ccnc(NC(=O)c2cc(-c3ccccc3)nc3c(C(N)=O)ncn23)c1. The predicted molar refractivity (Wildman–Crippen MR) is 104 cm³/mol. The topological polar surface area (TPSA) is 115 Å². The first-order valence-corrected chi connectivity index (χ1v) is 8.50. The molecule has 138 valence electrons. The number of carbonyl (C=O) groups excluding carboxylic acids is 2. The first-order chi connectivity index (χ1) is 13.5. The van der Waals surface area contributed by atoms with Crippen LogP contribution in [0.15, 0.2) is 61.1 Å². The lowest BCUT2D eigenvalue weighted by molar-refractivity contribution is 0.0993. The van der Waals surface area contributed by atoms with E-state index in [0.29, 0.717) is 11.5 Å². The van der Waals surface area contributed by atoms with Gasteiger partial charge >= 0.3 is 0 Å². The van der Waals surface area contributed by atoms with Gasteiger partial charge in [-0.1, -0.05) is 30.3 Å². The molecular formula is C20H16N6O2. The Morgan fingerprint density at radius 1 is 1.07 bits per heavy atom. The van der Waals surface area contributed by atoms with Gasteiger partial charge in [0.2, 0.25) is 0 Å². The van der Waals surface area contributed by atoms with Crippen LogP contribution in [0.4, 0.5) is 5.82 Å². The Morgan fingerprint density at radius 2 is 1.86 bits per heavy atom. The molecule has 0 bridgehead atoms. The van der Waals surface area contributed by atoms with Crippen LogP contribution in [-0.4, -0.2) is 31.2 Å². The van der Waals surface area contributed by atoms with Crippen LogP contribution in [0.5, 0.6) is 0 Å². The minimum Gasteiger partial charge on any atom is -0.364 e. The van der Waals surface area contributed by atoms with Crippen molar-refractivity contribution >= 4 is 23.3 Å². The lowest BCUT2D eigenvalue weighted by Gasteiger charge is -2.10. The second-order valence-corrected chi connectivity index (χ2v) is 6.22. The summed E-state index contributed by atoms with van der Waals surface area (Å²) in [6.45, 7) is 1.91. The van der Waals surface area contributed by atoms with Crippen LogP contribution in [0.1, 0.15) is 26.5 Å². The highest BCUT2D eigenvalue weighted by Crippen LogP contribution is 2.22. The molecule has 0 saturated carbocycles. The Hall–Kier alpha value is -4.07. The van der Waals surface area contributed by atoms with Crippen molar-refractivity contribution in [1.82, 2.24) is 19.4 Å². The number of nitrogens with zero attached hydrogens (tertiary/aromatic N) is 4. The van der Waals surface area contributed by atoms with E-state index in [-0.39, 0.29) is 17.0 Å². The van der Waals surface area contributed by atoms with Crippen molar-refractivity contribution in [3.05, 3.63) is 78.0 Å². The van der Waals surface area contributed by atoms with Crippen molar-refractivity contribution in [3.63, 3.8) is 0 Å². The zero-order valence-electron chi connectivity index (χ0n) is 15.0. The molecule has 0 saturated heterocycles. The molecule has 3 aromatic heterocycles. The maximum atomic E-state index is 13.0. The molecule has 0 aliphatic rings. The second kappa shape index (κ2) is 6.92. The van der Waals surface area contributed by atoms with Crippen molar-refractivity contribution in [1.29, 1.82) is 0 Å². The average molecular weight is 372 g/mol. The van der Waals surface area contributed by atoms with E-state index in [1.165, 1.54) is 10.7 Å². The van der Waals surface area contributed by atoms with E-state index in [9.17, 15) is 9.59 Å². The quantitative estimate of drug-likeness (QED) is 0.571. The third kappa shape index (κ3) is 3.18. The van der Waals surface area contributed by atoms with Crippen molar-refractivity contribution in [2.45, 2.75) is 6.92 Å². The Bertz CT molecular complexity index is 1200. The molecule has 28 heavy (non-hydrogen) atoms. The molecule has 8 heteroatoms. The smallest absolute Gasteiger partial charge is 0.273 e. The van der Waals surface area contributed by atoms with E-state index in [0.717, 1.165) is 11.1 Å². The lowest BCUT2D eigenvalue weighted by Crippen LogP contribution is -2.18. The molecule has 0 spiro atoms. The van der Waals surface area contributed by atoms with Crippen LogP contribution < -0.4 is 11.1 Å². The molecule has 0 aliphatic carbocycles. The minimum atomic E-state index is -0.716. The molecule has 4 rings (SSSR count). The van der Waals surface area contributed by atoms with Gasteiger partial charge in [0, 0.05) is 11.8 Å². The number of nitrogens with one attached hydrogen (secondary N) is 1. The number of primary amides is 1. The maximum absolute atomic E-state index is 13.0. The number of pyridine rings is 1. The van der Waals surface area contributed by atoms with Gasteiger partial charge in [0.05, 0.1) is 5.69 Å². The first-order valence-electron chi connectivity index (χ1n) is 8.50. The van der Waals surface area contributed by atoms with E-state index < -0.39 is 11.8 Å². The molecule has 0 aliphatic heterocycles. The fourth-order valence-electron chi connectivity index (χ4n) is 2.86. The van der Waals surface area contributed by atoms with E-state index in [2.05, 4.69) is 20.3 Å². The molecule has 1 aromatic carbocycles. The number of amides is 2. The Balaban J connectivity index is 1.86. The zero-order chi connectivity index (χ0) is 19.7. The molecule has 3 N–H and O–H groups in total. The number of aryl methyl sites for hydroxylation is 1. The summed E-state index contributed by atoms with van der Waals surface area (Å²) in [7, 11) is 0. The van der Waals surface area contributed by atoms with Crippen LogP contribution in [0.2, 0.25) is 0 Å². The van der Waals surface area contributed by atoms with Gasteiger partial charge in [-0.3, -0.25) is 14.0 Å². The highest BCUT2D eigenvalue weighted by molar-refractivity contribution is 6.04. The van der Waals surface area contributed by atoms with Gasteiger partial charge in [-0.05, 0) is 30.7 Å². The summed E-state index contributed by atoms with van der Waals surface area (Å²) in [5, 5.41) is 2.77. The number of aromatic nitrogens is 4. The number of rotatable bonds is 4. The Morgan fingerprint density at radius 3 is 2.57 bits per heavy atom. The van der Waals surface area contributed by atoms with Crippen LogP contribution >= 0.6 is 0 Å². The van der Waals surface area contributed by atoms with Crippen molar-refractivity contribution in [2.75, 3.05) is 5.32 Å². The summed E-state index contributed by atoms with van der Waals surface area (Å²) in [6.07, 6.45) is 2.97. The fraction of sp³-hybridized carbons (Fsp3) is 0.0500. The average Bonchev–Trinajstić information content (AvgIpc) is 3.12. The van der Waals surface area contributed by atoms with Gasteiger partial charge in [0.25, 0.3) is 11.8 Å². The van der Waals surface area contributed by atoms with E-state index in [4.69, 9.17) is 5.73 Å². The maximum Gasteiger partial charge on any atom is 0.273 e. The molecule has 2 amide bonds. The second-order valence-electron chi connectivity index (χ2n) is 6.22. The molecule has 4 aromatic rings. The van der Waals surface area contributed by atoms with Gasteiger partial charge in [-0.2, -0.15) is 0 Å². The van der Waals surface area contributed by atoms with E-state index in [1.54, 1.807) is 18.3 Å². The fourth-order valence-corrected chi connectivity index (χ4v) is 2.86. The van der Waals surface area contributed by atoms with E-state index >= 15 is 0 Å². The van der Waals surface area contributed by atoms with Crippen LogP contribution in [0.3, 0.4) is 0 Å². The third-order valence-electron chi connectivity index (χ3n) is 4.19. The van der Waals surface area contributed by atoms with Crippen molar-refractivity contribution in [3.8, 4) is 11.3 Å². The van der Waals surface area contributed by atoms with Gasteiger partial charge < -0.3 is 11.1 Å². The summed E-state index contributed by atoms with van der Waals surface area (Å²) < 4.78 is 1.44. The summed E-state index contributed by atoms with van der Waals surface area (Å²) >= 11 is 0. The standard InChI is InChI=1S/C20H16N6O2/c1-12-7-8-22-16(9-12)25-20(28)15-10-14(13-5-3-2-4-6-13)24-19-17(18(21)27)23-11-26(15)19/h2-11H,1H3,(H2,21,27)(H,22,25,28). The summed E-state index contributed by atoms with van der Waals surface area (Å²) in [4.78, 5) is 37.4. The van der Waals surface area contributed by atoms with E-state index in [1.807, 2.05) is 43.3 Å². The number of nitrogens with two attached hydrogens (primary N) is 1. The summed E-state index contributed by atoms with van der Waals surface area (Å²) in [5.41, 5.74) is 8.18. The molecule has 0 unspecified atom stereocenters. The van der Waals surface area contributed by atoms with Gasteiger partial charge in [0.1, 0.15) is 17.8 Å². The number of imidazole rings is 1. The van der Waals surface area contributed by atoms with Crippen LogP contribution in [-0.2, 0) is 0 Å². The molecule has 0 atom stereocenters. The number of carbonyl (C=O) groups is 2. The monoisotopic (exact) mass is 372 g/mol. The highest BCUT2D eigenvalue weighted by atomic mass is 16.2. The number of anilines is 1. The van der Waals surface area contributed by atoms with Gasteiger partial charge in [-0.15, -0.1) is 0 Å². The number of fused-ring (bicyclic) bond motifs is 1. The third-order valence-corrected chi connectivity index (χ3v) is 4.19. The molecule has 0 fully saturated rings. The molecule has 8 nitrogen and oxygen atoms in total. The zero-order valence-corrected chi connectivity index (χ0v) is 15.0. The molecule has 0 radical (unpaired) electrons. The lowest BCUT2D eigenvalue weighted by atomic mass is 10.1. The Kier molecular flexibility index (Phi) is 4.29. The number of benzene rings is 1. The van der Waals surface area contributed by atoms with Crippen molar-refractivity contribution < 1.29 is 9.59 Å².